The summed E-state index contributed by atoms with van der Waals surface area (Å²) in [5.41, 5.74) is -0.840. The second-order valence-corrected chi connectivity index (χ2v) is 7.98. The van der Waals surface area contributed by atoms with Gasteiger partial charge in [0.05, 0.1) is 17.9 Å². The molecule has 4 rings (SSSR count). The number of nitrogens with one attached hydrogen (secondary N) is 2. The van der Waals surface area contributed by atoms with Gasteiger partial charge in [-0.15, -0.1) is 0 Å². The third-order valence-electron chi connectivity index (χ3n) is 5.85. The highest BCUT2D eigenvalue weighted by Gasteiger charge is 2.55. The number of anilines is 1. The van der Waals surface area contributed by atoms with E-state index in [4.69, 9.17) is 9.47 Å². The molecule has 2 aromatic rings. The Balaban J connectivity index is 1.52. The Hall–Kier alpha value is -3.60. The summed E-state index contributed by atoms with van der Waals surface area (Å²) in [4.78, 5) is 39.3. The van der Waals surface area contributed by atoms with E-state index < -0.39 is 41.7 Å². The van der Waals surface area contributed by atoms with Crippen LogP contribution in [0.2, 0.25) is 0 Å². The normalized spacial score (nSPS) is 19.4. The lowest BCUT2D eigenvalue weighted by atomic mass is 9.92. The van der Waals surface area contributed by atoms with Gasteiger partial charge in [0.2, 0.25) is 5.91 Å². The third-order valence-corrected chi connectivity index (χ3v) is 5.85. The first-order valence-electron chi connectivity index (χ1n) is 10.5. The van der Waals surface area contributed by atoms with Crippen molar-refractivity contribution >= 4 is 23.5 Å². The van der Waals surface area contributed by atoms with Crippen LogP contribution in [0.1, 0.15) is 23.1 Å². The topological polar surface area (TPSA) is 97.0 Å². The number of hydrogen-bond acceptors (Lipinski definition) is 5. The zero-order valence-electron chi connectivity index (χ0n) is 18.2. The summed E-state index contributed by atoms with van der Waals surface area (Å²) in [6.45, 7) is -0.442. The van der Waals surface area contributed by atoms with Crippen LogP contribution >= 0.6 is 0 Å². The SMILES string of the molecule is COCCOc1ccc(C(F)(F)F)cc1NC(=O)CN1C(=O)N[C@]2(CCc3ccccc32)C1=O. The molecule has 1 atom stereocenters. The first-order chi connectivity index (χ1) is 16.2. The van der Waals surface area contributed by atoms with Crippen molar-refractivity contribution < 1.29 is 37.0 Å². The first kappa shape index (κ1) is 23.6. The third kappa shape index (κ3) is 4.30. The average molecular weight is 477 g/mol. The van der Waals surface area contributed by atoms with E-state index in [9.17, 15) is 27.6 Å². The van der Waals surface area contributed by atoms with Gasteiger partial charge in [0, 0.05) is 7.11 Å². The van der Waals surface area contributed by atoms with E-state index in [1.807, 2.05) is 12.1 Å². The van der Waals surface area contributed by atoms with E-state index >= 15 is 0 Å². The van der Waals surface area contributed by atoms with Crippen LogP contribution in [0.5, 0.6) is 5.75 Å². The molecule has 0 radical (unpaired) electrons. The van der Waals surface area contributed by atoms with E-state index in [0.717, 1.165) is 28.7 Å². The Morgan fingerprint density at radius 3 is 2.68 bits per heavy atom. The van der Waals surface area contributed by atoms with Crippen LogP contribution in [0.25, 0.3) is 0 Å². The van der Waals surface area contributed by atoms with Gasteiger partial charge in [-0.2, -0.15) is 13.2 Å². The van der Waals surface area contributed by atoms with Crippen LogP contribution in [-0.2, 0) is 32.5 Å². The van der Waals surface area contributed by atoms with E-state index in [2.05, 4.69) is 10.6 Å². The van der Waals surface area contributed by atoms with Crippen molar-refractivity contribution in [1.82, 2.24) is 10.2 Å². The number of halogens is 3. The molecule has 2 N–H and O–H groups in total. The fourth-order valence-corrected chi connectivity index (χ4v) is 4.23. The van der Waals surface area contributed by atoms with E-state index in [0.29, 0.717) is 18.4 Å². The Kier molecular flexibility index (Phi) is 6.22. The number of methoxy groups -OCH3 is 1. The predicted molar refractivity (Wildman–Crippen MR) is 114 cm³/mol. The second-order valence-electron chi connectivity index (χ2n) is 7.98. The maximum atomic E-state index is 13.2. The van der Waals surface area contributed by atoms with Crippen molar-refractivity contribution in [3.05, 3.63) is 59.2 Å². The number of alkyl halides is 3. The van der Waals surface area contributed by atoms with Gasteiger partial charge in [-0.05, 0) is 42.2 Å². The number of carbonyl (C=O) groups excluding carboxylic acids is 3. The molecule has 4 amide bonds. The maximum Gasteiger partial charge on any atom is 0.416 e. The monoisotopic (exact) mass is 477 g/mol. The molecular formula is C23H22F3N3O5. The number of nitrogens with zero attached hydrogens (tertiary/aromatic N) is 1. The van der Waals surface area contributed by atoms with Crippen molar-refractivity contribution in [3.63, 3.8) is 0 Å². The average Bonchev–Trinajstić information content (AvgIpc) is 3.27. The molecule has 1 aliphatic heterocycles. The van der Waals surface area contributed by atoms with E-state index in [1.54, 1.807) is 12.1 Å². The summed E-state index contributed by atoms with van der Waals surface area (Å²) in [5, 5.41) is 5.04. The zero-order valence-corrected chi connectivity index (χ0v) is 18.2. The van der Waals surface area contributed by atoms with E-state index in [-0.39, 0.29) is 24.7 Å². The van der Waals surface area contributed by atoms with Gasteiger partial charge in [0.25, 0.3) is 5.91 Å². The molecule has 8 nitrogen and oxygen atoms in total. The molecule has 1 heterocycles. The number of carbonyl (C=O) groups is 3. The highest BCUT2D eigenvalue weighted by atomic mass is 19.4. The van der Waals surface area contributed by atoms with Gasteiger partial charge in [-0.1, -0.05) is 24.3 Å². The minimum Gasteiger partial charge on any atom is -0.489 e. The Bertz CT molecular complexity index is 1140. The van der Waals surface area contributed by atoms with Crippen molar-refractivity contribution in [1.29, 1.82) is 0 Å². The van der Waals surface area contributed by atoms with Crippen molar-refractivity contribution in [3.8, 4) is 5.75 Å². The Morgan fingerprint density at radius 2 is 1.94 bits per heavy atom. The van der Waals surface area contributed by atoms with Crippen molar-refractivity contribution in [2.45, 2.75) is 24.6 Å². The number of hydrogen-bond donors (Lipinski definition) is 2. The molecule has 1 fully saturated rings. The number of imide groups is 1. The highest BCUT2D eigenvalue weighted by molar-refractivity contribution is 6.11. The first-order valence-corrected chi connectivity index (χ1v) is 10.5. The molecule has 0 saturated carbocycles. The summed E-state index contributed by atoms with van der Waals surface area (Å²) in [6, 6.07) is 9.15. The molecule has 1 saturated heterocycles. The highest BCUT2D eigenvalue weighted by Crippen LogP contribution is 2.41. The second kappa shape index (κ2) is 8.98. The number of urea groups is 1. The van der Waals surface area contributed by atoms with Gasteiger partial charge in [0.15, 0.2) is 0 Å². The molecule has 0 bridgehead atoms. The van der Waals surface area contributed by atoms with Crippen LogP contribution < -0.4 is 15.4 Å². The standard InChI is InChI=1S/C23H22F3N3O5/c1-33-10-11-34-18-7-6-15(23(24,25)26)12-17(18)27-19(30)13-29-20(31)22(28-21(29)32)9-8-14-4-2-3-5-16(14)22/h2-7,12H,8-11,13H2,1H3,(H,27,30)(H,28,32)/t22-/m0/s1. The molecule has 2 aromatic carbocycles. The summed E-state index contributed by atoms with van der Waals surface area (Å²) < 4.78 is 49.8. The van der Waals surface area contributed by atoms with E-state index in [1.165, 1.54) is 7.11 Å². The number of amides is 4. The van der Waals surface area contributed by atoms with Crippen LogP contribution in [0, 0.1) is 0 Å². The molecule has 1 aliphatic carbocycles. The Labute approximate surface area is 193 Å². The molecule has 11 heteroatoms. The van der Waals surface area contributed by atoms with Gasteiger partial charge >= 0.3 is 12.2 Å². The molecule has 2 aliphatic rings. The summed E-state index contributed by atoms with van der Waals surface area (Å²) in [5.74, 6) is -1.42. The van der Waals surface area contributed by atoms with Gasteiger partial charge in [-0.3, -0.25) is 14.5 Å². The lowest BCUT2D eigenvalue weighted by Gasteiger charge is -2.22. The maximum absolute atomic E-state index is 13.2. The smallest absolute Gasteiger partial charge is 0.416 e. The van der Waals surface area contributed by atoms with Gasteiger partial charge < -0.3 is 20.1 Å². The number of fused-ring (bicyclic) bond motifs is 2. The number of benzene rings is 2. The zero-order chi connectivity index (χ0) is 24.5. The molecule has 0 aromatic heterocycles. The summed E-state index contributed by atoms with van der Waals surface area (Å²) in [7, 11) is 1.44. The van der Waals surface area contributed by atoms with Crippen LogP contribution in [0.15, 0.2) is 42.5 Å². The summed E-state index contributed by atoms with van der Waals surface area (Å²) in [6.07, 6.45) is -3.69. The van der Waals surface area contributed by atoms with Gasteiger partial charge in [-0.25, -0.2) is 4.79 Å². The quantitative estimate of drug-likeness (QED) is 0.472. The lowest BCUT2D eigenvalue weighted by Crippen LogP contribution is -2.43. The fourth-order valence-electron chi connectivity index (χ4n) is 4.23. The van der Waals surface area contributed by atoms with Crippen LogP contribution in [0.4, 0.5) is 23.7 Å². The minimum absolute atomic E-state index is 0.00297. The number of rotatable bonds is 7. The fraction of sp³-hybridized carbons (Fsp3) is 0.348. The summed E-state index contributed by atoms with van der Waals surface area (Å²) >= 11 is 0. The molecule has 0 unspecified atom stereocenters. The minimum atomic E-state index is -4.64. The molecule has 34 heavy (non-hydrogen) atoms. The van der Waals surface area contributed by atoms with Crippen LogP contribution in [0.3, 0.4) is 0 Å². The number of ether oxygens (including phenoxy) is 2. The largest absolute Gasteiger partial charge is 0.489 e. The van der Waals surface area contributed by atoms with Crippen molar-refractivity contribution in [2.75, 3.05) is 32.2 Å². The lowest BCUT2D eigenvalue weighted by molar-refractivity contribution is -0.137. The molecular weight excluding hydrogens is 455 g/mol. The van der Waals surface area contributed by atoms with Crippen molar-refractivity contribution in [2.24, 2.45) is 0 Å². The van der Waals surface area contributed by atoms with Crippen LogP contribution in [-0.4, -0.2) is 49.6 Å². The Morgan fingerprint density at radius 1 is 1.18 bits per heavy atom. The molecule has 1 spiro atoms. The molecule has 180 valence electrons. The predicted octanol–water partition coefficient (Wildman–Crippen LogP) is 3.06. The number of aryl methyl sites for hydroxylation is 1. The van der Waals surface area contributed by atoms with Gasteiger partial charge in [0.1, 0.15) is 24.4 Å².